The molecule has 7 heteroatoms. The molecule has 0 N–H and O–H groups in total. The Balaban J connectivity index is 1.52. The molecule has 0 saturated heterocycles. The lowest BCUT2D eigenvalue weighted by Crippen LogP contribution is -2.21. The lowest BCUT2D eigenvalue weighted by Gasteiger charge is -2.13. The van der Waals surface area contributed by atoms with Gasteiger partial charge in [0.15, 0.2) is 5.16 Å². The van der Waals surface area contributed by atoms with Gasteiger partial charge in [0.1, 0.15) is 11.5 Å². The maximum atomic E-state index is 13.5. The number of hydrogen-bond donors (Lipinski definition) is 0. The van der Waals surface area contributed by atoms with Crippen LogP contribution >= 0.6 is 11.8 Å². The van der Waals surface area contributed by atoms with Crippen LogP contribution in [0.2, 0.25) is 0 Å². The van der Waals surface area contributed by atoms with Crippen LogP contribution in [0.1, 0.15) is 23.9 Å². The van der Waals surface area contributed by atoms with Crippen molar-refractivity contribution in [3.05, 3.63) is 100 Å². The average molecular weight is 484 g/mol. The van der Waals surface area contributed by atoms with Crippen LogP contribution in [-0.4, -0.2) is 21.1 Å². The molecule has 0 radical (unpaired) electrons. The average Bonchev–Trinajstić information content (AvgIpc) is 3.24. The number of benzene rings is 3. The molecular formula is C28H25N3O3S. The van der Waals surface area contributed by atoms with Gasteiger partial charge in [0.2, 0.25) is 5.89 Å². The largest absolute Gasteiger partial charge is 0.494 e. The number of hydrogen-bond acceptors (Lipinski definition) is 6. The van der Waals surface area contributed by atoms with Crippen molar-refractivity contribution in [2.24, 2.45) is 0 Å². The first-order valence-corrected chi connectivity index (χ1v) is 12.4. The fourth-order valence-electron chi connectivity index (χ4n) is 3.92. The summed E-state index contributed by atoms with van der Waals surface area (Å²) in [6, 6.07) is 22.9. The molecule has 2 heterocycles. The molecule has 6 nitrogen and oxygen atoms in total. The summed E-state index contributed by atoms with van der Waals surface area (Å²) in [5.74, 6) is 2.63. The fourth-order valence-corrected chi connectivity index (χ4v) is 4.93. The summed E-state index contributed by atoms with van der Waals surface area (Å²) in [6.07, 6.45) is 0. The second-order valence-corrected chi connectivity index (χ2v) is 9.05. The van der Waals surface area contributed by atoms with E-state index in [0.717, 1.165) is 34.0 Å². The fraction of sp³-hybridized carbons (Fsp3) is 0.179. The van der Waals surface area contributed by atoms with Gasteiger partial charge in [-0.25, -0.2) is 9.97 Å². The van der Waals surface area contributed by atoms with E-state index in [2.05, 4.69) is 0 Å². The van der Waals surface area contributed by atoms with E-state index in [4.69, 9.17) is 19.1 Å². The van der Waals surface area contributed by atoms with Gasteiger partial charge in [-0.15, -0.1) is 0 Å². The Morgan fingerprint density at radius 1 is 0.943 bits per heavy atom. The van der Waals surface area contributed by atoms with Gasteiger partial charge in [0, 0.05) is 11.3 Å². The molecule has 5 rings (SSSR count). The van der Waals surface area contributed by atoms with Crippen LogP contribution in [0.25, 0.3) is 28.0 Å². The Morgan fingerprint density at radius 2 is 1.69 bits per heavy atom. The predicted octanol–water partition coefficient (Wildman–Crippen LogP) is 6.35. The molecule has 0 aliphatic carbocycles. The minimum Gasteiger partial charge on any atom is -0.494 e. The van der Waals surface area contributed by atoms with Gasteiger partial charge in [0.05, 0.1) is 28.9 Å². The van der Waals surface area contributed by atoms with Gasteiger partial charge >= 0.3 is 0 Å². The van der Waals surface area contributed by atoms with Crippen molar-refractivity contribution >= 4 is 22.7 Å². The summed E-state index contributed by atoms with van der Waals surface area (Å²) >= 11 is 1.46. The zero-order chi connectivity index (χ0) is 24.4. The lowest BCUT2D eigenvalue weighted by molar-refractivity contribution is 0.340. The molecule has 0 aliphatic rings. The third kappa shape index (κ3) is 4.59. The highest BCUT2D eigenvalue weighted by Gasteiger charge is 2.17. The quantitative estimate of drug-likeness (QED) is 0.198. The topological polar surface area (TPSA) is 70.2 Å². The van der Waals surface area contributed by atoms with Crippen molar-refractivity contribution in [2.45, 2.75) is 31.7 Å². The first kappa shape index (κ1) is 22.9. The van der Waals surface area contributed by atoms with E-state index >= 15 is 0 Å². The Bertz CT molecular complexity index is 1550. The molecule has 0 spiro atoms. The van der Waals surface area contributed by atoms with Crippen LogP contribution in [0, 0.1) is 13.8 Å². The molecule has 5 aromatic rings. The number of fused-ring (bicyclic) bond motifs is 1. The zero-order valence-corrected chi connectivity index (χ0v) is 20.6. The maximum absolute atomic E-state index is 13.5. The van der Waals surface area contributed by atoms with Crippen molar-refractivity contribution in [3.8, 4) is 22.9 Å². The molecule has 2 aromatic heterocycles. The molecule has 0 amide bonds. The number of para-hydroxylation sites is 1. The summed E-state index contributed by atoms with van der Waals surface area (Å²) < 4.78 is 13.2. The SMILES string of the molecule is CCOc1ccc(-n2c(SCc3nc(-c4ccccc4C)oc3C)nc3ccccc3c2=O)cc1. The molecule has 0 fully saturated rings. The Morgan fingerprint density at radius 3 is 2.46 bits per heavy atom. The number of aryl methyl sites for hydroxylation is 2. The van der Waals surface area contributed by atoms with Crippen LogP contribution in [-0.2, 0) is 5.75 Å². The number of aromatic nitrogens is 3. The van der Waals surface area contributed by atoms with E-state index in [1.165, 1.54) is 11.8 Å². The number of rotatable bonds is 7. The van der Waals surface area contributed by atoms with Gasteiger partial charge in [0.25, 0.3) is 5.56 Å². The zero-order valence-electron chi connectivity index (χ0n) is 19.8. The molecule has 3 aromatic carbocycles. The molecule has 35 heavy (non-hydrogen) atoms. The summed E-state index contributed by atoms with van der Waals surface area (Å²) in [5.41, 5.74) is 4.19. The van der Waals surface area contributed by atoms with Gasteiger partial charge in [-0.1, -0.05) is 42.1 Å². The standard InChI is InChI=1S/C28H25N3O3S/c1-4-33-21-15-13-20(14-16-21)31-27(32)23-11-7-8-12-24(23)30-28(31)35-17-25-19(3)34-26(29-25)22-10-6-5-9-18(22)2/h5-16H,4,17H2,1-3H3. The first-order valence-electron chi connectivity index (χ1n) is 11.4. The summed E-state index contributed by atoms with van der Waals surface area (Å²) in [4.78, 5) is 23.1. The predicted molar refractivity (Wildman–Crippen MR) is 139 cm³/mol. The summed E-state index contributed by atoms with van der Waals surface area (Å²) in [5, 5.41) is 1.17. The molecular weight excluding hydrogens is 458 g/mol. The normalized spacial score (nSPS) is 11.2. The number of ether oxygens (including phenoxy) is 1. The van der Waals surface area contributed by atoms with Crippen molar-refractivity contribution in [1.82, 2.24) is 14.5 Å². The van der Waals surface area contributed by atoms with Crippen molar-refractivity contribution in [2.75, 3.05) is 6.61 Å². The van der Waals surface area contributed by atoms with E-state index in [1.807, 2.05) is 87.5 Å². The molecule has 176 valence electrons. The van der Waals surface area contributed by atoms with E-state index in [9.17, 15) is 4.79 Å². The molecule has 0 atom stereocenters. The minimum absolute atomic E-state index is 0.111. The van der Waals surface area contributed by atoms with Gasteiger partial charge in [-0.3, -0.25) is 9.36 Å². The van der Waals surface area contributed by atoms with Crippen LogP contribution in [0.3, 0.4) is 0 Å². The number of oxazole rings is 1. The number of nitrogens with zero attached hydrogens (tertiary/aromatic N) is 3. The van der Waals surface area contributed by atoms with Crippen LogP contribution in [0.15, 0.2) is 87.2 Å². The summed E-state index contributed by atoms with van der Waals surface area (Å²) in [7, 11) is 0. The van der Waals surface area contributed by atoms with Gasteiger partial charge in [-0.05, 0) is 68.8 Å². The highest BCUT2D eigenvalue weighted by molar-refractivity contribution is 7.98. The van der Waals surface area contributed by atoms with Crippen molar-refractivity contribution < 1.29 is 9.15 Å². The second-order valence-electron chi connectivity index (χ2n) is 8.10. The molecule has 0 aliphatic heterocycles. The Kier molecular flexibility index (Phi) is 6.42. The lowest BCUT2D eigenvalue weighted by atomic mass is 10.1. The second kappa shape index (κ2) is 9.80. The highest BCUT2D eigenvalue weighted by Crippen LogP contribution is 2.30. The van der Waals surface area contributed by atoms with Crippen LogP contribution in [0.5, 0.6) is 5.75 Å². The minimum atomic E-state index is -0.111. The highest BCUT2D eigenvalue weighted by atomic mass is 32.2. The van der Waals surface area contributed by atoms with E-state index in [1.54, 1.807) is 10.6 Å². The van der Waals surface area contributed by atoms with E-state index in [0.29, 0.717) is 34.3 Å². The first-order chi connectivity index (χ1) is 17.0. The third-order valence-electron chi connectivity index (χ3n) is 5.76. The van der Waals surface area contributed by atoms with Gasteiger partial charge < -0.3 is 9.15 Å². The van der Waals surface area contributed by atoms with E-state index in [-0.39, 0.29) is 5.56 Å². The molecule has 0 saturated carbocycles. The van der Waals surface area contributed by atoms with Crippen LogP contribution in [0.4, 0.5) is 0 Å². The number of thioether (sulfide) groups is 1. The van der Waals surface area contributed by atoms with E-state index < -0.39 is 0 Å². The third-order valence-corrected chi connectivity index (χ3v) is 6.71. The van der Waals surface area contributed by atoms with Crippen LogP contribution < -0.4 is 10.3 Å². The van der Waals surface area contributed by atoms with Crippen molar-refractivity contribution in [1.29, 1.82) is 0 Å². The molecule has 0 unspecified atom stereocenters. The molecule has 0 bridgehead atoms. The Labute approximate surface area is 207 Å². The maximum Gasteiger partial charge on any atom is 0.266 e. The van der Waals surface area contributed by atoms with Crippen molar-refractivity contribution in [3.63, 3.8) is 0 Å². The smallest absolute Gasteiger partial charge is 0.266 e. The van der Waals surface area contributed by atoms with Gasteiger partial charge in [-0.2, -0.15) is 0 Å². The summed E-state index contributed by atoms with van der Waals surface area (Å²) in [6.45, 7) is 6.48. The monoisotopic (exact) mass is 483 g/mol. The Hall–Kier alpha value is -3.84.